The van der Waals surface area contributed by atoms with E-state index >= 15 is 4.39 Å². The highest BCUT2D eigenvalue weighted by Gasteiger charge is 2.78. The molecule has 2 saturated carbocycles. The van der Waals surface area contributed by atoms with Gasteiger partial charge in [0.2, 0.25) is 0 Å². The maximum Gasteiger partial charge on any atom is 0.408 e. The van der Waals surface area contributed by atoms with Crippen molar-refractivity contribution in [2.75, 3.05) is 6.61 Å². The van der Waals surface area contributed by atoms with E-state index in [1.807, 2.05) is 0 Å². The number of nitrogens with one attached hydrogen (secondary N) is 1. The highest BCUT2D eigenvalue weighted by Crippen LogP contribution is 2.64. The Balaban J connectivity index is 1.49. The molecular weight excluding hydrogens is 792 g/mol. The molecule has 60 heavy (non-hydrogen) atoms. The Labute approximate surface area is 345 Å². The Bertz CT molecular complexity index is 2100. The van der Waals surface area contributed by atoms with Gasteiger partial charge in [-0.3, -0.25) is 9.59 Å². The lowest BCUT2D eigenvalue weighted by Crippen LogP contribution is -2.81. The predicted molar refractivity (Wildman–Crippen MR) is 204 cm³/mol. The van der Waals surface area contributed by atoms with Crippen LogP contribution >= 0.6 is 0 Å². The summed E-state index contributed by atoms with van der Waals surface area (Å²) >= 11 is 0. The predicted octanol–water partition coefficient (Wildman–Crippen LogP) is 3.54. The van der Waals surface area contributed by atoms with Crippen molar-refractivity contribution in [2.45, 2.75) is 128 Å². The topological polar surface area (TPSA) is 224 Å². The number of hydrogen-bond donors (Lipinski definition) is 5. The SMILES string of the molecule is CC(=O)O[C@@]12CO[C@@H]1C[C@H](O)[C@@]1(C)C(=O)[C@H](O)C3=C(C)[C@@H](OC(=O)[C@H](O)[C@@H](NC(=O)OC(C)(C)C)c4ccc(F)cc4F)C[C@@](O)([C@@H](OC(=O)c4ccccc4)[C@H]21)C3(C)C. The number of aliphatic hydroxyl groups excluding tert-OH is 3. The molecule has 17 heteroatoms. The Hall–Kier alpha value is -4.81. The summed E-state index contributed by atoms with van der Waals surface area (Å²) in [5.41, 5.74) is -9.76. The van der Waals surface area contributed by atoms with Crippen LogP contribution in [0.5, 0.6) is 0 Å². The summed E-state index contributed by atoms with van der Waals surface area (Å²) in [7, 11) is 0. The number of hydrogen-bond acceptors (Lipinski definition) is 14. The third-order valence-electron chi connectivity index (χ3n) is 12.7. The molecule has 0 aromatic heterocycles. The van der Waals surface area contributed by atoms with E-state index in [4.69, 9.17) is 23.7 Å². The maximum absolute atomic E-state index is 15.2. The van der Waals surface area contributed by atoms with Crippen LogP contribution in [0.25, 0.3) is 0 Å². The number of alkyl carbamates (subject to hydrolysis) is 1. The number of aliphatic hydroxyl groups is 4. The average molecular weight is 844 g/mol. The van der Waals surface area contributed by atoms with Gasteiger partial charge in [-0.2, -0.15) is 0 Å². The zero-order valence-corrected chi connectivity index (χ0v) is 34.5. The molecule has 2 bridgehead atoms. The van der Waals surface area contributed by atoms with Gasteiger partial charge in [0, 0.05) is 36.8 Å². The van der Waals surface area contributed by atoms with Crippen LogP contribution < -0.4 is 5.32 Å². The molecule has 1 amide bonds. The molecule has 2 aromatic carbocycles. The van der Waals surface area contributed by atoms with Crippen molar-refractivity contribution in [2.24, 2.45) is 16.7 Å². The quantitative estimate of drug-likeness (QED) is 0.146. The summed E-state index contributed by atoms with van der Waals surface area (Å²) in [5.74, 6) is -8.10. The van der Waals surface area contributed by atoms with Crippen molar-refractivity contribution in [1.29, 1.82) is 0 Å². The molecule has 0 unspecified atom stereocenters. The summed E-state index contributed by atoms with van der Waals surface area (Å²) in [6.07, 6.45) is -12.7. The molecule has 1 aliphatic heterocycles. The van der Waals surface area contributed by atoms with Crippen molar-refractivity contribution in [3.63, 3.8) is 0 Å². The first-order valence-electron chi connectivity index (χ1n) is 19.5. The number of benzene rings is 2. The van der Waals surface area contributed by atoms with Crippen LogP contribution in [0.15, 0.2) is 59.7 Å². The second kappa shape index (κ2) is 15.6. The molecule has 5 N–H and O–H groups in total. The molecule has 1 heterocycles. The summed E-state index contributed by atoms with van der Waals surface area (Å²) < 4.78 is 58.3. The number of fused-ring (bicyclic) bond motifs is 5. The monoisotopic (exact) mass is 843 g/mol. The van der Waals surface area contributed by atoms with E-state index in [0.717, 1.165) is 19.1 Å². The summed E-state index contributed by atoms with van der Waals surface area (Å²) in [5, 5.41) is 51.1. The normalized spacial score (nSPS) is 33.0. The second-order valence-corrected chi connectivity index (χ2v) is 17.8. The zero-order chi connectivity index (χ0) is 44.5. The van der Waals surface area contributed by atoms with E-state index in [0.29, 0.717) is 6.07 Å². The number of ether oxygens (including phenoxy) is 5. The molecule has 6 rings (SSSR count). The summed E-state index contributed by atoms with van der Waals surface area (Å²) in [6, 6.07) is 7.94. The fraction of sp³-hybridized carbons (Fsp3) is 0.558. The first kappa shape index (κ1) is 44.7. The van der Waals surface area contributed by atoms with Crippen LogP contribution in [0.2, 0.25) is 0 Å². The zero-order valence-electron chi connectivity index (χ0n) is 34.5. The van der Waals surface area contributed by atoms with Crippen LogP contribution in [0.4, 0.5) is 13.6 Å². The third kappa shape index (κ3) is 7.37. The van der Waals surface area contributed by atoms with Gasteiger partial charge in [0.1, 0.15) is 47.3 Å². The van der Waals surface area contributed by atoms with Crippen LogP contribution in [0.3, 0.4) is 0 Å². The lowest BCUT2D eigenvalue weighted by Gasteiger charge is -2.67. The van der Waals surface area contributed by atoms with Crippen molar-refractivity contribution < 1.29 is 76.9 Å². The third-order valence-corrected chi connectivity index (χ3v) is 12.7. The van der Waals surface area contributed by atoms with E-state index in [-0.39, 0.29) is 29.7 Å². The van der Waals surface area contributed by atoms with Gasteiger partial charge in [-0.25, -0.2) is 23.2 Å². The number of ketones is 1. The Morgan fingerprint density at radius 3 is 2.22 bits per heavy atom. The number of Topliss-reactive ketones (excluding diaryl/α,β-unsaturated/α-hetero) is 1. The summed E-state index contributed by atoms with van der Waals surface area (Å²) in [4.78, 5) is 68.9. The van der Waals surface area contributed by atoms with E-state index in [2.05, 4.69) is 5.32 Å². The number of rotatable bonds is 8. The minimum absolute atomic E-state index is 0.0266. The molecule has 326 valence electrons. The van der Waals surface area contributed by atoms with E-state index in [1.54, 1.807) is 18.2 Å². The Morgan fingerprint density at radius 2 is 1.65 bits per heavy atom. The van der Waals surface area contributed by atoms with Crippen molar-refractivity contribution in [3.8, 4) is 0 Å². The lowest BCUT2D eigenvalue weighted by atomic mass is 9.44. The minimum Gasteiger partial charge on any atom is -0.456 e. The highest BCUT2D eigenvalue weighted by molar-refractivity contribution is 5.94. The number of esters is 3. The van der Waals surface area contributed by atoms with Crippen LogP contribution in [-0.4, -0.2) is 110 Å². The van der Waals surface area contributed by atoms with Gasteiger partial charge in [-0.15, -0.1) is 0 Å². The Morgan fingerprint density at radius 1 is 1.00 bits per heavy atom. The molecule has 0 spiro atoms. The van der Waals surface area contributed by atoms with Gasteiger partial charge < -0.3 is 49.4 Å². The number of carbonyl (C=O) groups is 5. The molecule has 1 saturated heterocycles. The first-order valence-corrected chi connectivity index (χ1v) is 19.5. The van der Waals surface area contributed by atoms with Gasteiger partial charge in [0.25, 0.3) is 0 Å². The van der Waals surface area contributed by atoms with E-state index in [9.17, 15) is 48.8 Å². The highest BCUT2D eigenvalue weighted by atomic mass is 19.1. The second-order valence-electron chi connectivity index (χ2n) is 17.8. The molecule has 15 nitrogen and oxygen atoms in total. The van der Waals surface area contributed by atoms with E-state index in [1.165, 1.54) is 60.6 Å². The van der Waals surface area contributed by atoms with Crippen molar-refractivity contribution in [1.82, 2.24) is 5.32 Å². The molecule has 0 radical (unpaired) electrons. The van der Waals surface area contributed by atoms with Gasteiger partial charge >= 0.3 is 24.0 Å². The molecule has 3 aliphatic carbocycles. The fourth-order valence-electron chi connectivity index (χ4n) is 9.64. The van der Waals surface area contributed by atoms with Gasteiger partial charge in [-0.1, -0.05) is 38.1 Å². The molecule has 11 atom stereocenters. The van der Waals surface area contributed by atoms with Crippen molar-refractivity contribution >= 4 is 29.8 Å². The largest absolute Gasteiger partial charge is 0.456 e. The van der Waals surface area contributed by atoms with Crippen LogP contribution in [0, 0.1) is 28.4 Å². The minimum atomic E-state index is -2.46. The van der Waals surface area contributed by atoms with E-state index < -0.39 is 130 Å². The molecule has 4 aliphatic rings. The standard InChI is InChI=1S/C43H51F2NO14/c1-20-26(57-37(53)32(50)30(46-38(54)60-39(3,4)5)24-15-14-23(44)16-25(24)45)18-43(55)35(58-36(52)22-12-10-9-11-13-22)33-41(8,34(51)31(49)29(20)40(43,6)7)27(48)17-28-42(33,19-56-28)59-21(2)47/h9-16,26-28,30-33,35,48-50,55H,17-19H2,1-8H3,(H,46,54)/t26-,27-,28+,30-,31+,32+,33-,35-,41+,42-,43+/m0/s1. The Kier molecular flexibility index (Phi) is 11.6. The maximum atomic E-state index is 15.2. The first-order chi connectivity index (χ1) is 27.8. The van der Waals surface area contributed by atoms with Crippen LogP contribution in [-0.2, 0) is 38.1 Å². The van der Waals surface area contributed by atoms with Gasteiger partial charge in [0.15, 0.2) is 17.5 Å². The summed E-state index contributed by atoms with van der Waals surface area (Å²) in [6.45, 7) is 11.1. The number of halogens is 2. The average Bonchev–Trinajstić information content (AvgIpc) is 3.14. The number of carbonyl (C=O) groups excluding carboxylic acids is 5. The molecular formula is C43H51F2NO14. The van der Waals surface area contributed by atoms with Gasteiger partial charge in [0.05, 0.1) is 35.6 Å². The lowest BCUT2D eigenvalue weighted by molar-refractivity contribution is -0.346. The smallest absolute Gasteiger partial charge is 0.408 e. The molecule has 2 aromatic rings. The number of amides is 1. The van der Waals surface area contributed by atoms with Gasteiger partial charge in [-0.05, 0) is 64.0 Å². The molecule has 3 fully saturated rings. The van der Waals surface area contributed by atoms with Crippen LogP contribution in [0.1, 0.15) is 90.2 Å². The fourth-order valence-corrected chi connectivity index (χ4v) is 9.64. The van der Waals surface area contributed by atoms with Crippen molar-refractivity contribution in [3.05, 3.63) is 82.4 Å².